The number of amides is 1. The molecule has 2 aromatic carbocycles. The molecule has 1 fully saturated rings. The second kappa shape index (κ2) is 9.18. The van der Waals surface area contributed by atoms with E-state index >= 15 is 0 Å². The number of morpholine rings is 1. The Morgan fingerprint density at radius 1 is 1.10 bits per heavy atom. The minimum absolute atomic E-state index is 0.0286. The molecule has 5 heteroatoms. The standard InChI is InChI=1S/C25H28N2O3/c1-3-23-21(20-9-5-7-11-24(20)30-23)12-13-25(28)26(2)18-19-8-4-6-10-22(19)27-14-16-29-17-15-27/h4-13H,3,14-18H2,1-2H3. The van der Waals surface area contributed by atoms with E-state index in [4.69, 9.17) is 9.15 Å². The first-order chi connectivity index (χ1) is 14.7. The summed E-state index contributed by atoms with van der Waals surface area (Å²) in [6, 6.07) is 16.2. The molecule has 0 aliphatic carbocycles. The number of rotatable bonds is 6. The number of anilines is 1. The molecule has 1 aromatic heterocycles. The molecule has 1 saturated heterocycles. The molecule has 1 amide bonds. The molecule has 0 bridgehead atoms. The summed E-state index contributed by atoms with van der Waals surface area (Å²) >= 11 is 0. The van der Waals surface area contributed by atoms with Crippen LogP contribution in [0.4, 0.5) is 5.69 Å². The monoisotopic (exact) mass is 404 g/mol. The Kier molecular flexibility index (Phi) is 6.19. The van der Waals surface area contributed by atoms with Gasteiger partial charge in [0.1, 0.15) is 11.3 Å². The molecule has 156 valence electrons. The van der Waals surface area contributed by atoms with Gasteiger partial charge in [0, 0.05) is 55.8 Å². The summed E-state index contributed by atoms with van der Waals surface area (Å²) in [5.41, 5.74) is 4.17. The van der Waals surface area contributed by atoms with E-state index < -0.39 is 0 Å². The van der Waals surface area contributed by atoms with Gasteiger partial charge in [0.15, 0.2) is 0 Å². The molecular weight excluding hydrogens is 376 g/mol. The van der Waals surface area contributed by atoms with E-state index in [0.29, 0.717) is 6.54 Å². The van der Waals surface area contributed by atoms with Crippen molar-refractivity contribution in [2.24, 2.45) is 0 Å². The van der Waals surface area contributed by atoms with Crippen LogP contribution in [0, 0.1) is 0 Å². The summed E-state index contributed by atoms with van der Waals surface area (Å²) in [4.78, 5) is 16.9. The third-order valence-electron chi connectivity index (χ3n) is 5.55. The van der Waals surface area contributed by atoms with E-state index in [-0.39, 0.29) is 5.91 Å². The van der Waals surface area contributed by atoms with Gasteiger partial charge in [-0.2, -0.15) is 0 Å². The maximum absolute atomic E-state index is 12.8. The number of aryl methyl sites for hydroxylation is 1. The maximum atomic E-state index is 12.8. The van der Waals surface area contributed by atoms with Gasteiger partial charge in [-0.05, 0) is 23.8 Å². The summed E-state index contributed by atoms with van der Waals surface area (Å²) in [6.07, 6.45) is 4.32. The Labute approximate surface area is 177 Å². The highest BCUT2D eigenvalue weighted by molar-refractivity contribution is 5.96. The topological polar surface area (TPSA) is 45.9 Å². The minimum atomic E-state index is -0.0286. The Balaban J connectivity index is 1.50. The van der Waals surface area contributed by atoms with Crippen LogP contribution in [0.1, 0.15) is 23.8 Å². The quantitative estimate of drug-likeness (QED) is 0.568. The highest BCUT2D eigenvalue weighted by Gasteiger charge is 2.17. The Morgan fingerprint density at radius 3 is 2.63 bits per heavy atom. The van der Waals surface area contributed by atoms with Gasteiger partial charge in [-0.1, -0.05) is 43.3 Å². The SMILES string of the molecule is CCc1oc2ccccc2c1C=CC(=O)N(C)Cc1ccccc1N1CCOCC1. The number of nitrogens with zero attached hydrogens (tertiary/aromatic N) is 2. The van der Waals surface area contributed by atoms with E-state index in [1.165, 1.54) is 5.69 Å². The number of hydrogen-bond acceptors (Lipinski definition) is 4. The van der Waals surface area contributed by atoms with Gasteiger partial charge in [0.25, 0.3) is 0 Å². The fraction of sp³-hybridized carbons (Fsp3) is 0.320. The molecule has 0 saturated carbocycles. The molecule has 30 heavy (non-hydrogen) atoms. The lowest BCUT2D eigenvalue weighted by Crippen LogP contribution is -2.37. The Morgan fingerprint density at radius 2 is 1.83 bits per heavy atom. The fourth-order valence-corrected chi connectivity index (χ4v) is 3.93. The number of hydrogen-bond donors (Lipinski definition) is 0. The number of likely N-dealkylation sites (N-methyl/N-ethyl adjacent to an activating group) is 1. The van der Waals surface area contributed by atoms with E-state index in [2.05, 4.69) is 24.0 Å². The van der Waals surface area contributed by atoms with Gasteiger partial charge in [-0.3, -0.25) is 4.79 Å². The van der Waals surface area contributed by atoms with Gasteiger partial charge in [0.2, 0.25) is 5.91 Å². The number of fused-ring (bicyclic) bond motifs is 1. The van der Waals surface area contributed by atoms with E-state index in [1.54, 1.807) is 11.0 Å². The maximum Gasteiger partial charge on any atom is 0.246 e. The Bertz CT molecular complexity index is 1050. The lowest BCUT2D eigenvalue weighted by Gasteiger charge is -2.31. The molecule has 0 atom stereocenters. The van der Waals surface area contributed by atoms with Crippen molar-refractivity contribution in [1.82, 2.24) is 4.90 Å². The Hall–Kier alpha value is -3.05. The molecule has 0 N–H and O–H groups in total. The molecule has 1 aliphatic heterocycles. The van der Waals surface area contributed by atoms with Crippen LogP contribution in [0.2, 0.25) is 0 Å². The molecule has 2 heterocycles. The van der Waals surface area contributed by atoms with E-state index in [0.717, 1.165) is 60.6 Å². The lowest BCUT2D eigenvalue weighted by molar-refractivity contribution is -0.125. The number of para-hydroxylation sites is 2. The van der Waals surface area contributed by atoms with Crippen molar-refractivity contribution in [3.63, 3.8) is 0 Å². The van der Waals surface area contributed by atoms with Gasteiger partial charge in [-0.25, -0.2) is 0 Å². The van der Waals surface area contributed by atoms with Crippen molar-refractivity contribution in [2.45, 2.75) is 19.9 Å². The van der Waals surface area contributed by atoms with Crippen molar-refractivity contribution < 1.29 is 13.9 Å². The molecule has 0 unspecified atom stereocenters. The first-order valence-corrected chi connectivity index (χ1v) is 10.5. The van der Waals surface area contributed by atoms with Crippen LogP contribution in [0.3, 0.4) is 0 Å². The number of ether oxygens (including phenoxy) is 1. The normalized spacial score (nSPS) is 14.5. The van der Waals surface area contributed by atoms with Crippen LogP contribution < -0.4 is 4.90 Å². The molecule has 4 rings (SSSR count). The van der Waals surface area contributed by atoms with Crippen LogP contribution >= 0.6 is 0 Å². The number of benzene rings is 2. The van der Waals surface area contributed by atoms with Crippen molar-refractivity contribution >= 4 is 28.6 Å². The molecule has 0 spiro atoms. The predicted octanol–water partition coefficient (Wildman–Crippen LogP) is 4.50. The first kappa shape index (κ1) is 20.2. The van der Waals surface area contributed by atoms with Crippen molar-refractivity contribution in [1.29, 1.82) is 0 Å². The zero-order valence-electron chi connectivity index (χ0n) is 17.6. The summed E-state index contributed by atoms with van der Waals surface area (Å²) in [7, 11) is 1.84. The zero-order valence-corrected chi connectivity index (χ0v) is 17.6. The van der Waals surface area contributed by atoms with Crippen molar-refractivity contribution in [3.05, 3.63) is 71.5 Å². The van der Waals surface area contributed by atoms with Crippen LogP contribution in [0.25, 0.3) is 17.0 Å². The summed E-state index contributed by atoms with van der Waals surface area (Å²) in [5, 5.41) is 1.04. The third kappa shape index (κ3) is 4.26. The second-order valence-corrected chi connectivity index (χ2v) is 7.54. The second-order valence-electron chi connectivity index (χ2n) is 7.54. The minimum Gasteiger partial charge on any atom is -0.460 e. The molecule has 3 aromatic rings. The first-order valence-electron chi connectivity index (χ1n) is 10.5. The third-order valence-corrected chi connectivity index (χ3v) is 5.55. The number of furan rings is 1. The predicted molar refractivity (Wildman–Crippen MR) is 121 cm³/mol. The lowest BCUT2D eigenvalue weighted by atomic mass is 10.1. The average Bonchev–Trinajstić information content (AvgIpc) is 3.16. The fourth-order valence-electron chi connectivity index (χ4n) is 3.93. The van der Waals surface area contributed by atoms with Gasteiger partial charge in [0.05, 0.1) is 13.2 Å². The van der Waals surface area contributed by atoms with Crippen LogP contribution in [-0.4, -0.2) is 44.2 Å². The average molecular weight is 405 g/mol. The van der Waals surface area contributed by atoms with Crippen LogP contribution in [-0.2, 0) is 22.5 Å². The molecule has 5 nitrogen and oxygen atoms in total. The molecule has 1 aliphatic rings. The largest absolute Gasteiger partial charge is 0.460 e. The van der Waals surface area contributed by atoms with Gasteiger partial charge in [-0.15, -0.1) is 0 Å². The van der Waals surface area contributed by atoms with Crippen molar-refractivity contribution in [3.8, 4) is 0 Å². The summed E-state index contributed by atoms with van der Waals surface area (Å²) in [6.45, 7) is 5.85. The van der Waals surface area contributed by atoms with Gasteiger partial charge >= 0.3 is 0 Å². The smallest absolute Gasteiger partial charge is 0.246 e. The van der Waals surface area contributed by atoms with Gasteiger partial charge < -0.3 is 19.0 Å². The molecule has 0 radical (unpaired) electrons. The zero-order chi connectivity index (χ0) is 20.9. The van der Waals surface area contributed by atoms with Crippen LogP contribution in [0.15, 0.2) is 59.0 Å². The molecular formula is C25H28N2O3. The number of carbonyl (C=O) groups is 1. The van der Waals surface area contributed by atoms with Crippen molar-refractivity contribution in [2.75, 3.05) is 38.3 Å². The van der Waals surface area contributed by atoms with E-state index in [9.17, 15) is 4.79 Å². The number of carbonyl (C=O) groups excluding carboxylic acids is 1. The van der Waals surface area contributed by atoms with Crippen LogP contribution in [0.5, 0.6) is 0 Å². The van der Waals surface area contributed by atoms with E-state index in [1.807, 2.05) is 49.5 Å². The summed E-state index contributed by atoms with van der Waals surface area (Å²) < 4.78 is 11.4. The summed E-state index contributed by atoms with van der Waals surface area (Å²) in [5.74, 6) is 0.875. The highest BCUT2D eigenvalue weighted by Crippen LogP contribution is 2.28. The highest BCUT2D eigenvalue weighted by atomic mass is 16.5.